The molecule has 4 aromatic carbocycles. The van der Waals surface area contributed by atoms with E-state index in [1.165, 1.54) is 12.1 Å². The highest BCUT2D eigenvalue weighted by Gasteiger charge is 2.16. The van der Waals surface area contributed by atoms with Crippen molar-refractivity contribution in [1.82, 2.24) is 0 Å². The molecule has 0 aliphatic carbocycles. The number of rotatable bonds is 5. The lowest BCUT2D eigenvalue weighted by Crippen LogP contribution is -2.15. The number of benzene rings is 4. The average molecular weight is 417 g/mol. The van der Waals surface area contributed by atoms with Crippen LogP contribution in [0.1, 0.15) is 15.9 Å². The molecule has 0 saturated carbocycles. The first kappa shape index (κ1) is 19.7. The van der Waals surface area contributed by atoms with Crippen molar-refractivity contribution in [3.63, 3.8) is 0 Å². The fourth-order valence-electron chi connectivity index (χ4n) is 3.26. The molecule has 0 radical (unpaired) electrons. The van der Waals surface area contributed by atoms with Crippen LogP contribution in [0.4, 0.5) is 11.4 Å². The maximum atomic E-state index is 12.8. The van der Waals surface area contributed by atoms with E-state index in [1.54, 1.807) is 30.3 Å². The average Bonchev–Trinajstić information content (AvgIpc) is 2.74. The molecule has 0 atom stereocenters. The molecule has 0 aliphatic heterocycles. The van der Waals surface area contributed by atoms with Crippen LogP contribution in [0.15, 0.2) is 95.9 Å². The summed E-state index contributed by atoms with van der Waals surface area (Å²) in [6, 6.07) is 26.4. The largest absolute Gasteiger partial charge is 0.322 e. The third kappa shape index (κ3) is 4.04. The van der Waals surface area contributed by atoms with Crippen molar-refractivity contribution in [2.45, 2.75) is 11.8 Å². The first-order chi connectivity index (χ1) is 14.4. The fraction of sp³-hybridized carbons (Fsp3) is 0.0417. The first-order valence-electron chi connectivity index (χ1n) is 9.42. The highest BCUT2D eigenvalue weighted by atomic mass is 32.2. The minimum Gasteiger partial charge on any atom is -0.322 e. The van der Waals surface area contributed by atoms with Gasteiger partial charge in [0.1, 0.15) is 0 Å². The van der Waals surface area contributed by atoms with Gasteiger partial charge in [0.2, 0.25) is 0 Å². The van der Waals surface area contributed by atoms with Gasteiger partial charge in [0.25, 0.3) is 15.9 Å². The van der Waals surface area contributed by atoms with Gasteiger partial charge in [-0.25, -0.2) is 8.42 Å². The second kappa shape index (κ2) is 8.00. The summed E-state index contributed by atoms with van der Waals surface area (Å²) >= 11 is 0. The Bertz CT molecular complexity index is 1320. The molecule has 0 heterocycles. The van der Waals surface area contributed by atoms with Crippen LogP contribution >= 0.6 is 0 Å². The van der Waals surface area contributed by atoms with Crippen molar-refractivity contribution in [3.8, 4) is 0 Å². The van der Waals surface area contributed by atoms with Gasteiger partial charge in [-0.1, -0.05) is 54.6 Å². The Morgan fingerprint density at radius 1 is 0.767 bits per heavy atom. The Hall–Kier alpha value is -3.64. The molecule has 4 rings (SSSR count). The number of sulfonamides is 1. The smallest absolute Gasteiger partial charge is 0.261 e. The summed E-state index contributed by atoms with van der Waals surface area (Å²) in [5.41, 5.74) is 2.48. The minimum absolute atomic E-state index is 0.115. The monoisotopic (exact) mass is 416 g/mol. The van der Waals surface area contributed by atoms with Crippen molar-refractivity contribution < 1.29 is 13.2 Å². The van der Waals surface area contributed by atoms with Crippen molar-refractivity contribution >= 4 is 38.1 Å². The molecule has 0 spiro atoms. The Morgan fingerprint density at radius 3 is 2.20 bits per heavy atom. The van der Waals surface area contributed by atoms with Gasteiger partial charge in [-0.15, -0.1) is 0 Å². The number of aryl methyl sites for hydroxylation is 1. The summed E-state index contributed by atoms with van der Waals surface area (Å²) in [6.45, 7) is 1.86. The van der Waals surface area contributed by atoms with Gasteiger partial charge in [-0.05, 0) is 54.3 Å². The van der Waals surface area contributed by atoms with Gasteiger partial charge in [-0.3, -0.25) is 9.52 Å². The fourth-order valence-corrected chi connectivity index (χ4v) is 4.34. The van der Waals surface area contributed by atoms with Gasteiger partial charge < -0.3 is 5.32 Å². The number of carbonyl (C=O) groups is 1. The van der Waals surface area contributed by atoms with Crippen LogP contribution in [-0.4, -0.2) is 14.3 Å². The third-order valence-corrected chi connectivity index (χ3v) is 6.23. The molecule has 0 aromatic heterocycles. The summed E-state index contributed by atoms with van der Waals surface area (Å²) < 4.78 is 28.3. The predicted molar refractivity (Wildman–Crippen MR) is 120 cm³/mol. The van der Waals surface area contributed by atoms with Crippen LogP contribution in [0.25, 0.3) is 10.8 Å². The summed E-state index contributed by atoms with van der Waals surface area (Å²) in [5, 5.41) is 4.57. The van der Waals surface area contributed by atoms with E-state index in [1.807, 2.05) is 55.5 Å². The molecule has 6 heteroatoms. The van der Waals surface area contributed by atoms with Gasteiger partial charge in [-0.2, -0.15) is 0 Å². The van der Waals surface area contributed by atoms with Crippen molar-refractivity contribution in [3.05, 3.63) is 102 Å². The van der Waals surface area contributed by atoms with Crippen LogP contribution in [0.3, 0.4) is 0 Å². The Labute approximate surface area is 175 Å². The standard InChI is InChI=1S/C24H20N2O3S/c1-17-7-2-4-10-21(17)24(27)25-19-13-15-20(16-14-19)30(28,29)26-23-12-6-9-18-8-3-5-11-22(18)23/h2-16,26H,1H3,(H,25,27). The Kier molecular flexibility index (Phi) is 5.25. The maximum absolute atomic E-state index is 12.8. The molecule has 2 N–H and O–H groups in total. The summed E-state index contributed by atoms with van der Waals surface area (Å²) in [4.78, 5) is 12.6. The number of nitrogens with one attached hydrogen (secondary N) is 2. The molecule has 0 aliphatic rings. The lowest BCUT2D eigenvalue weighted by Gasteiger charge is -2.12. The molecule has 0 saturated heterocycles. The zero-order chi connectivity index (χ0) is 21.1. The molecular formula is C24H20N2O3S. The van der Waals surface area contributed by atoms with Crippen LogP contribution < -0.4 is 10.0 Å². The van der Waals surface area contributed by atoms with Crippen molar-refractivity contribution in [1.29, 1.82) is 0 Å². The van der Waals surface area contributed by atoms with Crippen LogP contribution in [-0.2, 0) is 10.0 Å². The lowest BCUT2D eigenvalue weighted by atomic mass is 10.1. The quantitative estimate of drug-likeness (QED) is 0.469. The lowest BCUT2D eigenvalue weighted by molar-refractivity contribution is 0.102. The summed E-state index contributed by atoms with van der Waals surface area (Å²) in [7, 11) is -3.77. The molecule has 5 nitrogen and oxygen atoms in total. The zero-order valence-electron chi connectivity index (χ0n) is 16.3. The minimum atomic E-state index is -3.77. The van der Waals surface area contributed by atoms with Crippen LogP contribution in [0.5, 0.6) is 0 Å². The van der Waals surface area contributed by atoms with Crippen LogP contribution in [0, 0.1) is 6.92 Å². The first-order valence-corrected chi connectivity index (χ1v) is 10.9. The Balaban J connectivity index is 1.54. The van der Waals surface area contributed by atoms with E-state index in [0.29, 0.717) is 16.9 Å². The zero-order valence-corrected chi connectivity index (χ0v) is 17.1. The van der Waals surface area contributed by atoms with E-state index in [2.05, 4.69) is 10.0 Å². The SMILES string of the molecule is Cc1ccccc1C(=O)Nc1ccc(S(=O)(=O)Nc2cccc3ccccc23)cc1. The van der Waals surface area contributed by atoms with Crippen molar-refractivity contribution in [2.75, 3.05) is 10.0 Å². The highest BCUT2D eigenvalue weighted by Crippen LogP contribution is 2.26. The van der Waals surface area contributed by atoms with E-state index in [-0.39, 0.29) is 10.8 Å². The van der Waals surface area contributed by atoms with E-state index in [0.717, 1.165) is 16.3 Å². The molecule has 4 aromatic rings. The molecule has 0 fully saturated rings. The molecule has 0 unspecified atom stereocenters. The van der Waals surface area contributed by atoms with Crippen molar-refractivity contribution in [2.24, 2.45) is 0 Å². The predicted octanol–water partition coefficient (Wildman–Crippen LogP) is 5.20. The Morgan fingerprint density at radius 2 is 1.43 bits per heavy atom. The van der Waals surface area contributed by atoms with E-state index in [9.17, 15) is 13.2 Å². The number of fused-ring (bicyclic) bond motifs is 1. The number of anilines is 2. The van der Waals surface area contributed by atoms with E-state index >= 15 is 0 Å². The van der Waals surface area contributed by atoms with Crippen LogP contribution in [0.2, 0.25) is 0 Å². The maximum Gasteiger partial charge on any atom is 0.261 e. The molecule has 1 amide bonds. The second-order valence-electron chi connectivity index (χ2n) is 6.93. The second-order valence-corrected chi connectivity index (χ2v) is 8.61. The normalized spacial score (nSPS) is 11.2. The van der Waals surface area contributed by atoms with Gasteiger partial charge >= 0.3 is 0 Å². The van der Waals surface area contributed by atoms with Gasteiger partial charge in [0.05, 0.1) is 10.6 Å². The highest BCUT2D eigenvalue weighted by molar-refractivity contribution is 7.92. The molecule has 0 bridgehead atoms. The number of amides is 1. The number of hydrogen-bond donors (Lipinski definition) is 2. The molecule has 30 heavy (non-hydrogen) atoms. The van der Waals surface area contributed by atoms with E-state index < -0.39 is 10.0 Å². The topological polar surface area (TPSA) is 75.3 Å². The third-order valence-electron chi connectivity index (χ3n) is 4.85. The number of hydrogen-bond acceptors (Lipinski definition) is 3. The van der Waals surface area contributed by atoms with Gasteiger partial charge in [0, 0.05) is 16.6 Å². The summed E-state index contributed by atoms with van der Waals surface area (Å²) in [5.74, 6) is -0.238. The summed E-state index contributed by atoms with van der Waals surface area (Å²) in [6.07, 6.45) is 0. The van der Waals surface area contributed by atoms with Gasteiger partial charge in [0.15, 0.2) is 0 Å². The molecular weight excluding hydrogens is 396 g/mol. The van der Waals surface area contributed by atoms with E-state index in [4.69, 9.17) is 0 Å². The number of carbonyl (C=O) groups excluding carboxylic acids is 1. The molecule has 150 valence electrons.